The lowest BCUT2D eigenvalue weighted by Crippen LogP contribution is -2.08. The monoisotopic (exact) mass is 262 g/mol. The molecule has 1 N–H and O–H groups in total. The first-order valence-electron chi connectivity index (χ1n) is 6.27. The van der Waals surface area contributed by atoms with Crippen LogP contribution in [-0.4, -0.2) is 35.8 Å². The lowest BCUT2D eigenvalue weighted by molar-refractivity contribution is 0.370. The van der Waals surface area contributed by atoms with E-state index in [1.54, 1.807) is 13.3 Å². The van der Waals surface area contributed by atoms with E-state index in [1.165, 1.54) is 0 Å². The van der Waals surface area contributed by atoms with E-state index in [2.05, 4.69) is 20.4 Å². The molecule has 0 fully saturated rings. The fourth-order valence-corrected chi connectivity index (χ4v) is 1.70. The molecule has 2 aromatic heterocycles. The summed E-state index contributed by atoms with van der Waals surface area (Å²) in [5.41, 5.74) is 1.03. The van der Waals surface area contributed by atoms with Crippen LogP contribution >= 0.6 is 0 Å². The minimum atomic E-state index is 0.601. The lowest BCUT2D eigenvalue weighted by Gasteiger charge is -1.99. The molecule has 2 rings (SSSR count). The van der Waals surface area contributed by atoms with Crippen LogP contribution in [0.4, 0.5) is 0 Å². The Kier molecular flexibility index (Phi) is 4.85. The predicted molar refractivity (Wildman–Crippen MR) is 70.1 cm³/mol. The van der Waals surface area contributed by atoms with Crippen molar-refractivity contribution in [1.82, 2.24) is 20.4 Å². The molecule has 0 atom stereocenters. The van der Waals surface area contributed by atoms with Crippen molar-refractivity contribution in [1.29, 1.82) is 0 Å². The van der Waals surface area contributed by atoms with E-state index in [1.807, 2.05) is 19.2 Å². The van der Waals surface area contributed by atoms with E-state index in [9.17, 15) is 0 Å². The molecule has 0 aliphatic carbocycles. The van der Waals surface area contributed by atoms with Crippen molar-refractivity contribution in [3.8, 4) is 5.88 Å². The van der Waals surface area contributed by atoms with Crippen LogP contribution < -0.4 is 10.1 Å². The van der Waals surface area contributed by atoms with Crippen molar-refractivity contribution in [2.75, 3.05) is 20.7 Å². The van der Waals surface area contributed by atoms with Crippen LogP contribution in [0.2, 0.25) is 0 Å². The average molecular weight is 262 g/mol. The van der Waals surface area contributed by atoms with Crippen molar-refractivity contribution in [2.24, 2.45) is 0 Å². The Hall–Kier alpha value is -1.95. The number of pyridine rings is 1. The lowest BCUT2D eigenvalue weighted by atomic mass is 10.2. The van der Waals surface area contributed by atoms with Crippen molar-refractivity contribution < 1.29 is 9.26 Å². The first-order chi connectivity index (χ1) is 9.31. The van der Waals surface area contributed by atoms with Crippen LogP contribution in [0.25, 0.3) is 0 Å². The molecule has 0 aliphatic heterocycles. The largest absolute Gasteiger partial charge is 0.481 e. The van der Waals surface area contributed by atoms with Crippen LogP contribution in [-0.2, 0) is 12.8 Å². The normalized spacial score (nSPS) is 10.6. The van der Waals surface area contributed by atoms with Gasteiger partial charge < -0.3 is 14.6 Å². The fraction of sp³-hybridized carbons (Fsp3) is 0.462. The van der Waals surface area contributed by atoms with Crippen LogP contribution in [0.3, 0.4) is 0 Å². The molecule has 0 radical (unpaired) electrons. The van der Waals surface area contributed by atoms with Crippen LogP contribution in [0.5, 0.6) is 5.88 Å². The Morgan fingerprint density at radius 1 is 1.37 bits per heavy atom. The van der Waals surface area contributed by atoms with Gasteiger partial charge in [-0.05, 0) is 25.6 Å². The molecule has 0 spiro atoms. The van der Waals surface area contributed by atoms with Gasteiger partial charge in [0.15, 0.2) is 5.82 Å². The standard InChI is InChI=1S/C13H18N4O2/c1-14-7-3-4-13-16-11(17-19-13)8-10-5-6-12(18-2)15-9-10/h5-6,9,14H,3-4,7-8H2,1-2H3. The summed E-state index contributed by atoms with van der Waals surface area (Å²) < 4.78 is 10.2. The summed E-state index contributed by atoms with van der Waals surface area (Å²) in [6.45, 7) is 0.945. The third-order valence-electron chi connectivity index (χ3n) is 2.70. The summed E-state index contributed by atoms with van der Waals surface area (Å²) >= 11 is 0. The van der Waals surface area contributed by atoms with E-state index in [4.69, 9.17) is 9.26 Å². The summed E-state index contributed by atoms with van der Waals surface area (Å²) in [6.07, 6.45) is 4.17. The topological polar surface area (TPSA) is 73.1 Å². The SMILES string of the molecule is CNCCCc1nc(Cc2ccc(OC)nc2)no1. The molecule has 0 amide bonds. The Balaban J connectivity index is 1.91. The molecule has 0 unspecified atom stereocenters. The van der Waals surface area contributed by atoms with Gasteiger partial charge in [-0.2, -0.15) is 4.98 Å². The maximum atomic E-state index is 5.19. The van der Waals surface area contributed by atoms with Gasteiger partial charge >= 0.3 is 0 Å². The summed E-state index contributed by atoms with van der Waals surface area (Å²) in [5.74, 6) is 1.97. The van der Waals surface area contributed by atoms with Crippen molar-refractivity contribution in [3.63, 3.8) is 0 Å². The fourth-order valence-electron chi connectivity index (χ4n) is 1.70. The third kappa shape index (κ3) is 4.03. The number of rotatable bonds is 7. The Labute approximate surface area is 112 Å². The van der Waals surface area contributed by atoms with Gasteiger partial charge in [0.2, 0.25) is 11.8 Å². The summed E-state index contributed by atoms with van der Waals surface area (Å²) in [7, 11) is 3.52. The summed E-state index contributed by atoms with van der Waals surface area (Å²) in [5, 5.41) is 7.05. The molecule has 0 saturated heterocycles. The predicted octanol–water partition coefficient (Wildman–Crippen LogP) is 1.22. The molecule has 0 aromatic carbocycles. The molecule has 0 aliphatic rings. The number of nitrogens with zero attached hydrogens (tertiary/aromatic N) is 3. The first kappa shape index (κ1) is 13.5. The molecule has 2 aromatic rings. The van der Waals surface area contributed by atoms with Crippen molar-refractivity contribution >= 4 is 0 Å². The van der Waals surface area contributed by atoms with Gasteiger partial charge in [0.05, 0.1) is 7.11 Å². The highest BCUT2D eigenvalue weighted by atomic mass is 16.5. The number of aromatic nitrogens is 3. The Morgan fingerprint density at radius 3 is 2.95 bits per heavy atom. The number of hydrogen-bond donors (Lipinski definition) is 1. The highest BCUT2D eigenvalue weighted by Crippen LogP contribution is 2.10. The highest BCUT2D eigenvalue weighted by Gasteiger charge is 2.07. The van der Waals surface area contributed by atoms with Gasteiger partial charge in [0.1, 0.15) is 0 Å². The zero-order chi connectivity index (χ0) is 13.5. The Bertz CT molecular complexity index is 496. The number of aryl methyl sites for hydroxylation is 1. The van der Waals surface area contributed by atoms with Gasteiger partial charge in [-0.3, -0.25) is 0 Å². The zero-order valence-corrected chi connectivity index (χ0v) is 11.2. The molecule has 19 heavy (non-hydrogen) atoms. The van der Waals surface area contributed by atoms with Crippen LogP contribution in [0.15, 0.2) is 22.9 Å². The molecule has 0 saturated carbocycles. The van der Waals surface area contributed by atoms with E-state index < -0.39 is 0 Å². The molecular formula is C13H18N4O2. The van der Waals surface area contributed by atoms with Gasteiger partial charge in [-0.1, -0.05) is 11.2 Å². The maximum Gasteiger partial charge on any atom is 0.226 e. The molecule has 102 valence electrons. The van der Waals surface area contributed by atoms with Crippen molar-refractivity contribution in [3.05, 3.63) is 35.6 Å². The van der Waals surface area contributed by atoms with Crippen molar-refractivity contribution in [2.45, 2.75) is 19.3 Å². The van der Waals surface area contributed by atoms with E-state index in [0.717, 1.165) is 24.9 Å². The number of nitrogens with one attached hydrogen (secondary N) is 1. The quantitative estimate of drug-likeness (QED) is 0.756. The van der Waals surface area contributed by atoms with Gasteiger partial charge in [-0.25, -0.2) is 4.98 Å². The number of ether oxygens (including phenoxy) is 1. The highest BCUT2D eigenvalue weighted by molar-refractivity contribution is 5.20. The van der Waals surface area contributed by atoms with Gasteiger partial charge in [0.25, 0.3) is 0 Å². The Morgan fingerprint density at radius 2 is 2.26 bits per heavy atom. The minimum absolute atomic E-state index is 0.601. The number of methoxy groups -OCH3 is 1. The first-order valence-corrected chi connectivity index (χ1v) is 6.27. The minimum Gasteiger partial charge on any atom is -0.481 e. The molecule has 6 nitrogen and oxygen atoms in total. The molecule has 6 heteroatoms. The second-order valence-corrected chi connectivity index (χ2v) is 4.20. The maximum absolute atomic E-state index is 5.19. The van der Waals surface area contributed by atoms with E-state index >= 15 is 0 Å². The second-order valence-electron chi connectivity index (χ2n) is 4.20. The number of hydrogen-bond acceptors (Lipinski definition) is 6. The van der Waals surface area contributed by atoms with Gasteiger partial charge in [0, 0.05) is 25.1 Å². The van der Waals surface area contributed by atoms with E-state index in [-0.39, 0.29) is 0 Å². The average Bonchev–Trinajstić information content (AvgIpc) is 2.88. The zero-order valence-electron chi connectivity index (χ0n) is 11.2. The smallest absolute Gasteiger partial charge is 0.226 e. The van der Waals surface area contributed by atoms with E-state index in [0.29, 0.717) is 24.0 Å². The molecule has 0 bridgehead atoms. The molecule has 2 heterocycles. The molecular weight excluding hydrogens is 244 g/mol. The summed E-state index contributed by atoms with van der Waals surface area (Å²) in [4.78, 5) is 8.50. The van der Waals surface area contributed by atoms with Crippen LogP contribution in [0.1, 0.15) is 23.7 Å². The van der Waals surface area contributed by atoms with Gasteiger partial charge in [-0.15, -0.1) is 0 Å². The summed E-state index contributed by atoms with van der Waals surface area (Å²) in [6, 6.07) is 3.77. The van der Waals surface area contributed by atoms with Crippen LogP contribution in [0, 0.1) is 0 Å². The third-order valence-corrected chi connectivity index (χ3v) is 2.70. The second kappa shape index (κ2) is 6.84.